The Balaban J connectivity index is 1.35. The van der Waals surface area contributed by atoms with Crippen LogP contribution in [0.15, 0.2) is 47.6 Å². The van der Waals surface area contributed by atoms with Crippen molar-refractivity contribution in [1.82, 2.24) is 25.3 Å². The Labute approximate surface area is 203 Å². The lowest BCUT2D eigenvalue weighted by atomic mass is 10.1. The third kappa shape index (κ3) is 6.11. The molecule has 0 aliphatic carbocycles. The summed E-state index contributed by atoms with van der Waals surface area (Å²) in [6, 6.07) is 4.11. The number of hydrogen-bond acceptors (Lipinski definition) is 9. The summed E-state index contributed by atoms with van der Waals surface area (Å²) in [6.45, 7) is 5.33. The molecule has 1 fully saturated rings. The monoisotopic (exact) mass is 479 g/mol. The van der Waals surface area contributed by atoms with E-state index in [9.17, 15) is 9.59 Å². The summed E-state index contributed by atoms with van der Waals surface area (Å²) in [6.07, 6.45) is 10.7. The van der Waals surface area contributed by atoms with Gasteiger partial charge < -0.3 is 24.7 Å². The Morgan fingerprint density at radius 2 is 1.89 bits per heavy atom. The van der Waals surface area contributed by atoms with Gasteiger partial charge in [0, 0.05) is 56.8 Å². The van der Waals surface area contributed by atoms with Crippen molar-refractivity contribution in [2.45, 2.75) is 51.7 Å². The molecular formula is C24H29N7O4. The van der Waals surface area contributed by atoms with Crippen molar-refractivity contribution in [2.24, 2.45) is 0 Å². The first-order valence-electron chi connectivity index (χ1n) is 11.8. The van der Waals surface area contributed by atoms with E-state index in [1.54, 1.807) is 24.5 Å². The molecule has 0 spiro atoms. The molecule has 184 valence electrons. The number of hydrogen-bond donors (Lipinski definition) is 2. The number of carbonyl (C=O) groups excluding carboxylic acids is 2. The number of aromatic nitrogens is 4. The van der Waals surface area contributed by atoms with Gasteiger partial charge in [0.25, 0.3) is 17.8 Å². The lowest BCUT2D eigenvalue weighted by Crippen LogP contribution is -2.38. The zero-order valence-corrected chi connectivity index (χ0v) is 19.8. The maximum Gasteiger partial charge on any atom is 0.316 e. The summed E-state index contributed by atoms with van der Waals surface area (Å²) in [5.41, 5.74) is 0.777. The summed E-state index contributed by atoms with van der Waals surface area (Å²) in [5, 5.41) is 5.72. The molecule has 3 aromatic rings. The average molecular weight is 480 g/mol. The van der Waals surface area contributed by atoms with Crippen molar-refractivity contribution >= 4 is 23.5 Å². The number of amides is 2. The van der Waals surface area contributed by atoms with Crippen LogP contribution in [0.25, 0.3) is 0 Å². The molecule has 0 saturated carbocycles. The number of anilines is 2. The second kappa shape index (κ2) is 11.4. The van der Waals surface area contributed by atoms with Crippen molar-refractivity contribution in [2.75, 3.05) is 23.3 Å². The predicted octanol–water partition coefficient (Wildman–Crippen LogP) is 3.08. The van der Waals surface area contributed by atoms with Crippen LogP contribution in [-0.4, -0.2) is 57.0 Å². The molecule has 0 aromatic carbocycles. The standard InChI is InChI=1S/C24H29N7O4/c1-3-16(4-2)28-21(32)18-14-25-11-6-19(18)29-22(33)20-15-34-24(30-20)31-12-7-17(8-13-31)35-23-26-9-5-10-27-23/h5-6,9-11,14-17H,3-4,7-8,12-13H2,1-2H3,(H,28,32)(H,25,29,33). The van der Waals surface area contributed by atoms with Crippen LogP contribution in [0, 0.1) is 0 Å². The first kappa shape index (κ1) is 24.1. The topological polar surface area (TPSA) is 135 Å². The maximum atomic E-state index is 12.8. The highest BCUT2D eigenvalue weighted by Crippen LogP contribution is 2.22. The summed E-state index contributed by atoms with van der Waals surface area (Å²) < 4.78 is 11.4. The molecule has 3 aromatic heterocycles. The third-order valence-electron chi connectivity index (χ3n) is 5.89. The van der Waals surface area contributed by atoms with Crippen LogP contribution in [0.1, 0.15) is 60.4 Å². The molecule has 2 N–H and O–H groups in total. The van der Waals surface area contributed by atoms with E-state index in [4.69, 9.17) is 9.15 Å². The van der Waals surface area contributed by atoms with Crippen molar-refractivity contribution < 1.29 is 18.7 Å². The van der Waals surface area contributed by atoms with Gasteiger partial charge in [-0.25, -0.2) is 9.97 Å². The second-order valence-corrected chi connectivity index (χ2v) is 8.21. The molecule has 1 aliphatic rings. The van der Waals surface area contributed by atoms with Gasteiger partial charge >= 0.3 is 6.01 Å². The first-order chi connectivity index (χ1) is 17.1. The van der Waals surface area contributed by atoms with Gasteiger partial charge in [0.15, 0.2) is 5.69 Å². The number of piperidine rings is 1. The number of carbonyl (C=O) groups is 2. The van der Waals surface area contributed by atoms with Crippen LogP contribution in [0.5, 0.6) is 6.01 Å². The van der Waals surface area contributed by atoms with Crippen LogP contribution < -0.4 is 20.3 Å². The Hall–Kier alpha value is -4.02. The SMILES string of the molecule is CCC(CC)NC(=O)c1cnccc1NC(=O)c1coc(N2CCC(Oc3ncccn3)CC2)n1. The summed E-state index contributed by atoms with van der Waals surface area (Å²) in [4.78, 5) is 44.1. The molecule has 11 heteroatoms. The molecule has 2 amide bonds. The molecule has 1 aliphatic heterocycles. The van der Waals surface area contributed by atoms with Crippen molar-refractivity contribution in [3.8, 4) is 6.01 Å². The highest BCUT2D eigenvalue weighted by atomic mass is 16.5. The number of oxazole rings is 1. The van der Waals surface area contributed by atoms with E-state index in [0.717, 1.165) is 25.7 Å². The summed E-state index contributed by atoms with van der Waals surface area (Å²) in [5.74, 6) is -0.754. The van der Waals surface area contributed by atoms with Crippen molar-refractivity contribution in [3.05, 3.63) is 54.4 Å². The summed E-state index contributed by atoms with van der Waals surface area (Å²) in [7, 11) is 0. The third-order valence-corrected chi connectivity index (χ3v) is 5.89. The Morgan fingerprint density at radius 1 is 1.14 bits per heavy atom. The van der Waals surface area contributed by atoms with Crippen LogP contribution in [0.3, 0.4) is 0 Å². The Morgan fingerprint density at radius 3 is 2.60 bits per heavy atom. The highest BCUT2D eigenvalue weighted by molar-refractivity contribution is 6.08. The fourth-order valence-corrected chi connectivity index (χ4v) is 3.80. The zero-order valence-electron chi connectivity index (χ0n) is 19.8. The van der Waals surface area contributed by atoms with Crippen LogP contribution in [0.2, 0.25) is 0 Å². The van der Waals surface area contributed by atoms with Crippen LogP contribution in [0.4, 0.5) is 11.7 Å². The molecule has 1 saturated heterocycles. The summed E-state index contributed by atoms with van der Waals surface area (Å²) >= 11 is 0. The average Bonchev–Trinajstić information content (AvgIpc) is 3.39. The molecule has 0 radical (unpaired) electrons. The number of nitrogens with zero attached hydrogens (tertiary/aromatic N) is 5. The lowest BCUT2D eigenvalue weighted by Gasteiger charge is -2.30. The van der Waals surface area contributed by atoms with Gasteiger partial charge in [-0.1, -0.05) is 13.8 Å². The minimum Gasteiger partial charge on any atom is -0.460 e. The Bertz CT molecular complexity index is 1130. The van der Waals surface area contributed by atoms with Crippen LogP contribution in [-0.2, 0) is 0 Å². The van der Waals surface area contributed by atoms with E-state index in [0.29, 0.717) is 36.4 Å². The van der Waals surface area contributed by atoms with E-state index in [1.807, 2.05) is 18.7 Å². The van der Waals surface area contributed by atoms with Gasteiger partial charge in [-0.3, -0.25) is 14.6 Å². The van der Waals surface area contributed by atoms with Crippen molar-refractivity contribution in [1.29, 1.82) is 0 Å². The molecule has 0 atom stereocenters. The van der Waals surface area contributed by atoms with Gasteiger partial charge in [0.1, 0.15) is 12.4 Å². The minimum atomic E-state index is -0.470. The number of nitrogens with one attached hydrogen (secondary N) is 2. The fraction of sp³-hybridized carbons (Fsp3) is 0.417. The molecule has 4 heterocycles. The first-order valence-corrected chi connectivity index (χ1v) is 11.8. The zero-order chi connectivity index (χ0) is 24.6. The van der Waals surface area contributed by atoms with E-state index < -0.39 is 5.91 Å². The van der Waals surface area contributed by atoms with Gasteiger partial charge in [0.05, 0.1) is 11.3 Å². The quantitative estimate of drug-likeness (QED) is 0.474. The van der Waals surface area contributed by atoms with E-state index in [2.05, 4.69) is 30.6 Å². The van der Waals surface area contributed by atoms with Gasteiger partial charge in [-0.2, -0.15) is 4.98 Å². The maximum absolute atomic E-state index is 12.8. The van der Waals surface area contributed by atoms with E-state index >= 15 is 0 Å². The van der Waals surface area contributed by atoms with Crippen molar-refractivity contribution in [3.63, 3.8) is 0 Å². The van der Waals surface area contributed by atoms with Gasteiger partial charge in [0.2, 0.25) is 0 Å². The number of ether oxygens (including phenoxy) is 1. The smallest absolute Gasteiger partial charge is 0.316 e. The van der Waals surface area contributed by atoms with Gasteiger partial charge in [-0.05, 0) is 25.0 Å². The molecule has 11 nitrogen and oxygen atoms in total. The number of pyridine rings is 1. The highest BCUT2D eigenvalue weighted by Gasteiger charge is 2.25. The van der Waals surface area contributed by atoms with E-state index in [1.165, 1.54) is 18.7 Å². The lowest BCUT2D eigenvalue weighted by molar-refractivity contribution is 0.0935. The fourth-order valence-electron chi connectivity index (χ4n) is 3.80. The second-order valence-electron chi connectivity index (χ2n) is 8.21. The molecular weight excluding hydrogens is 450 g/mol. The minimum absolute atomic E-state index is 0.00246. The predicted molar refractivity (Wildman–Crippen MR) is 128 cm³/mol. The van der Waals surface area contributed by atoms with E-state index in [-0.39, 0.29) is 23.7 Å². The Kier molecular flexibility index (Phi) is 7.86. The van der Waals surface area contributed by atoms with Crippen LogP contribution >= 0.6 is 0 Å². The largest absolute Gasteiger partial charge is 0.460 e. The molecule has 0 unspecified atom stereocenters. The molecule has 4 rings (SSSR count). The normalized spacial score (nSPS) is 14.1. The number of rotatable bonds is 9. The molecule has 35 heavy (non-hydrogen) atoms. The van der Waals surface area contributed by atoms with Gasteiger partial charge in [-0.15, -0.1) is 0 Å². The molecule has 0 bridgehead atoms.